The molecule has 0 saturated carbocycles. The third kappa shape index (κ3) is 4.05. The summed E-state index contributed by atoms with van der Waals surface area (Å²) in [5, 5.41) is 0. The number of carbonyl (C=O) groups excluding carboxylic acids is 1. The number of benzene rings is 1. The van der Waals surface area contributed by atoms with E-state index in [1.807, 2.05) is 12.1 Å². The monoisotopic (exact) mass is 308 g/mol. The van der Waals surface area contributed by atoms with Crippen LogP contribution in [0.5, 0.6) is 0 Å². The molecule has 2 heterocycles. The summed E-state index contributed by atoms with van der Waals surface area (Å²) in [7, 11) is 2.12. The quantitative estimate of drug-likeness (QED) is 0.794. The molecule has 23 heavy (non-hydrogen) atoms. The second-order valence-electron chi connectivity index (χ2n) is 6.44. The SMILES string of the molecule is CN1CCC(C(=O)c2ncccc2CCc2ccccc2)CC1. The smallest absolute Gasteiger partial charge is 0.184 e. The lowest BCUT2D eigenvalue weighted by atomic mass is 9.88. The van der Waals surface area contributed by atoms with Crippen LogP contribution in [0.1, 0.15) is 34.5 Å². The van der Waals surface area contributed by atoms with Gasteiger partial charge in [0.1, 0.15) is 5.69 Å². The van der Waals surface area contributed by atoms with Gasteiger partial charge in [0.2, 0.25) is 0 Å². The van der Waals surface area contributed by atoms with Crippen LogP contribution in [0.15, 0.2) is 48.7 Å². The fourth-order valence-corrected chi connectivity index (χ4v) is 3.25. The predicted molar refractivity (Wildman–Crippen MR) is 92.6 cm³/mol. The highest BCUT2D eigenvalue weighted by atomic mass is 16.1. The molecule has 1 aliphatic rings. The molecule has 1 aliphatic heterocycles. The topological polar surface area (TPSA) is 33.2 Å². The number of aryl methyl sites for hydroxylation is 2. The number of pyridine rings is 1. The minimum Gasteiger partial charge on any atom is -0.306 e. The van der Waals surface area contributed by atoms with Crippen molar-refractivity contribution >= 4 is 5.78 Å². The molecule has 0 bridgehead atoms. The van der Waals surface area contributed by atoms with E-state index in [4.69, 9.17) is 0 Å². The first kappa shape index (κ1) is 15.9. The average molecular weight is 308 g/mol. The molecular weight excluding hydrogens is 284 g/mol. The molecule has 1 fully saturated rings. The number of rotatable bonds is 5. The summed E-state index contributed by atoms with van der Waals surface area (Å²) in [5.74, 6) is 0.373. The summed E-state index contributed by atoms with van der Waals surface area (Å²) in [6.45, 7) is 2.01. The van der Waals surface area contributed by atoms with Crippen molar-refractivity contribution in [2.45, 2.75) is 25.7 Å². The van der Waals surface area contributed by atoms with Crippen LogP contribution < -0.4 is 0 Å². The van der Waals surface area contributed by atoms with E-state index in [9.17, 15) is 4.79 Å². The Morgan fingerprint density at radius 2 is 1.83 bits per heavy atom. The van der Waals surface area contributed by atoms with E-state index in [1.165, 1.54) is 5.56 Å². The Morgan fingerprint density at radius 1 is 1.09 bits per heavy atom. The van der Waals surface area contributed by atoms with Crippen LogP contribution in [0.2, 0.25) is 0 Å². The highest BCUT2D eigenvalue weighted by Gasteiger charge is 2.26. The largest absolute Gasteiger partial charge is 0.306 e. The summed E-state index contributed by atoms with van der Waals surface area (Å²) in [5.41, 5.74) is 3.08. The number of hydrogen-bond acceptors (Lipinski definition) is 3. The molecule has 0 unspecified atom stereocenters. The lowest BCUT2D eigenvalue weighted by Gasteiger charge is -2.28. The van der Waals surface area contributed by atoms with E-state index >= 15 is 0 Å². The van der Waals surface area contributed by atoms with Crippen LogP contribution in [0, 0.1) is 5.92 Å². The molecule has 0 spiro atoms. The van der Waals surface area contributed by atoms with Crippen molar-refractivity contribution in [2.75, 3.05) is 20.1 Å². The number of piperidine rings is 1. The van der Waals surface area contributed by atoms with Gasteiger partial charge in [-0.1, -0.05) is 36.4 Å². The van der Waals surface area contributed by atoms with Crippen molar-refractivity contribution < 1.29 is 4.79 Å². The molecular formula is C20H24N2O. The first-order chi connectivity index (χ1) is 11.2. The predicted octanol–water partition coefficient (Wildman–Crippen LogP) is 3.39. The molecule has 0 radical (unpaired) electrons. The van der Waals surface area contributed by atoms with Gasteiger partial charge in [-0.3, -0.25) is 9.78 Å². The van der Waals surface area contributed by atoms with Gasteiger partial charge in [0.05, 0.1) is 0 Å². The molecule has 1 aromatic carbocycles. The molecule has 0 N–H and O–H groups in total. The highest BCUT2D eigenvalue weighted by Crippen LogP contribution is 2.22. The molecule has 3 rings (SSSR count). The maximum atomic E-state index is 12.9. The van der Waals surface area contributed by atoms with Gasteiger partial charge >= 0.3 is 0 Å². The highest BCUT2D eigenvalue weighted by molar-refractivity contribution is 5.97. The van der Waals surface area contributed by atoms with E-state index in [0.29, 0.717) is 5.69 Å². The minimum absolute atomic E-state index is 0.136. The van der Waals surface area contributed by atoms with Crippen LogP contribution >= 0.6 is 0 Å². The second-order valence-corrected chi connectivity index (χ2v) is 6.44. The number of Topliss-reactive ketones (excluding diaryl/α,β-unsaturated/α-hetero) is 1. The molecule has 1 saturated heterocycles. The van der Waals surface area contributed by atoms with Gasteiger partial charge < -0.3 is 4.90 Å². The zero-order valence-corrected chi connectivity index (χ0v) is 13.7. The lowest BCUT2D eigenvalue weighted by Crippen LogP contribution is -2.34. The Bertz CT molecular complexity index is 646. The fraction of sp³-hybridized carbons (Fsp3) is 0.400. The number of nitrogens with zero attached hydrogens (tertiary/aromatic N) is 2. The van der Waals surface area contributed by atoms with Crippen molar-refractivity contribution in [3.05, 3.63) is 65.5 Å². The van der Waals surface area contributed by atoms with Crippen LogP contribution in [0.25, 0.3) is 0 Å². The molecule has 3 heteroatoms. The number of carbonyl (C=O) groups is 1. The Kier molecular flexibility index (Phi) is 5.19. The summed E-state index contributed by atoms with van der Waals surface area (Å²) in [6, 6.07) is 14.4. The molecule has 0 atom stereocenters. The van der Waals surface area contributed by atoms with E-state index in [2.05, 4.69) is 47.3 Å². The second kappa shape index (κ2) is 7.51. The first-order valence-electron chi connectivity index (χ1n) is 8.44. The zero-order chi connectivity index (χ0) is 16.1. The summed E-state index contributed by atoms with van der Waals surface area (Å²) in [6.07, 6.45) is 5.45. The Balaban J connectivity index is 1.71. The van der Waals surface area contributed by atoms with Crippen molar-refractivity contribution in [3.63, 3.8) is 0 Å². The van der Waals surface area contributed by atoms with Gasteiger partial charge in [-0.15, -0.1) is 0 Å². The van der Waals surface area contributed by atoms with Crippen LogP contribution in [-0.4, -0.2) is 35.8 Å². The summed E-state index contributed by atoms with van der Waals surface area (Å²) < 4.78 is 0. The Hall–Kier alpha value is -2.00. The van der Waals surface area contributed by atoms with Crippen molar-refractivity contribution in [1.82, 2.24) is 9.88 Å². The van der Waals surface area contributed by atoms with Gasteiger partial charge in [-0.2, -0.15) is 0 Å². The normalized spacial score (nSPS) is 16.4. The number of likely N-dealkylation sites (tertiary alicyclic amines) is 1. The zero-order valence-electron chi connectivity index (χ0n) is 13.7. The molecule has 1 aromatic heterocycles. The molecule has 0 aliphatic carbocycles. The molecule has 0 amide bonds. The van der Waals surface area contributed by atoms with Gasteiger partial charge in [-0.05, 0) is 63.0 Å². The molecule has 2 aromatic rings. The average Bonchev–Trinajstić information content (AvgIpc) is 2.61. The third-order valence-corrected chi connectivity index (χ3v) is 4.74. The Morgan fingerprint density at radius 3 is 2.57 bits per heavy atom. The standard InChI is InChI=1S/C20H24N2O/c1-22-14-11-18(12-15-22)20(23)19-17(8-5-13-21-19)10-9-16-6-3-2-4-7-16/h2-8,13,18H,9-12,14-15H2,1H3. The summed E-state index contributed by atoms with van der Waals surface area (Å²) in [4.78, 5) is 19.6. The van der Waals surface area contributed by atoms with E-state index in [-0.39, 0.29) is 11.7 Å². The van der Waals surface area contributed by atoms with Crippen LogP contribution in [0.3, 0.4) is 0 Å². The molecule has 120 valence electrons. The first-order valence-corrected chi connectivity index (χ1v) is 8.44. The fourth-order valence-electron chi connectivity index (χ4n) is 3.25. The lowest BCUT2D eigenvalue weighted by molar-refractivity contribution is 0.0850. The van der Waals surface area contributed by atoms with Crippen LogP contribution in [-0.2, 0) is 12.8 Å². The number of aromatic nitrogens is 1. The number of hydrogen-bond donors (Lipinski definition) is 0. The van der Waals surface area contributed by atoms with Gasteiger partial charge in [0.25, 0.3) is 0 Å². The van der Waals surface area contributed by atoms with Crippen LogP contribution in [0.4, 0.5) is 0 Å². The van der Waals surface area contributed by atoms with Gasteiger partial charge in [0, 0.05) is 12.1 Å². The summed E-state index contributed by atoms with van der Waals surface area (Å²) >= 11 is 0. The van der Waals surface area contributed by atoms with E-state index in [0.717, 1.165) is 44.3 Å². The van der Waals surface area contributed by atoms with Gasteiger partial charge in [0.15, 0.2) is 5.78 Å². The maximum absolute atomic E-state index is 12.9. The van der Waals surface area contributed by atoms with Crippen molar-refractivity contribution in [2.24, 2.45) is 5.92 Å². The van der Waals surface area contributed by atoms with Gasteiger partial charge in [-0.25, -0.2) is 0 Å². The molecule has 3 nitrogen and oxygen atoms in total. The minimum atomic E-state index is 0.136. The third-order valence-electron chi connectivity index (χ3n) is 4.74. The maximum Gasteiger partial charge on any atom is 0.184 e. The number of ketones is 1. The van der Waals surface area contributed by atoms with E-state index in [1.54, 1.807) is 6.20 Å². The van der Waals surface area contributed by atoms with E-state index < -0.39 is 0 Å². The Labute approximate surface area is 138 Å². The van der Waals surface area contributed by atoms with Crippen molar-refractivity contribution in [1.29, 1.82) is 0 Å². The van der Waals surface area contributed by atoms with Crippen molar-refractivity contribution in [3.8, 4) is 0 Å².